The van der Waals surface area contributed by atoms with Crippen molar-refractivity contribution in [2.24, 2.45) is 0 Å². The van der Waals surface area contributed by atoms with Crippen molar-refractivity contribution in [2.45, 2.75) is 6.42 Å². The van der Waals surface area contributed by atoms with E-state index < -0.39 is 0 Å². The van der Waals surface area contributed by atoms with Gasteiger partial charge >= 0.3 is 0 Å². The molecule has 1 rings (SSSR count). The molecule has 0 fully saturated rings. The van der Waals surface area contributed by atoms with E-state index in [-0.39, 0.29) is 0 Å². The Morgan fingerprint density at radius 1 is 1.36 bits per heavy atom. The molecule has 1 radical (unpaired) electrons. The summed E-state index contributed by atoms with van der Waals surface area (Å²) in [7, 11) is 0. The third-order valence-corrected chi connectivity index (χ3v) is 1.46. The highest BCUT2D eigenvalue weighted by Gasteiger charge is 1.91. The van der Waals surface area contributed by atoms with Crippen LogP contribution in [0.1, 0.15) is 5.56 Å². The second kappa shape index (κ2) is 3.81. The highest BCUT2D eigenvalue weighted by molar-refractivity contribution is 5.21. The number of hydrogen-bond donors (Lipinski definition) is 1. The molecular weight excluding hydrogens is 136 g/mol. The van der Waals surface area contributed by atoms with E-state index in [1.807, 2.05) is 30.3 Å². The first kappa shape index (κ1) is 7.86. The van der Waals surface area contributed by atoms with Crippen LogP contribution in [0.3, 0.4) is 0 Å². The second-order valence-corrected chi connectivity index (χ2v) is 2.45. The molecule has 0 saturated carbocycles. The summed E-state index contributed by atoms with van der Waals surface area (Å²) in [5.74, 6) is 0. The Kier molecular flexibility index (Phi) is 2.73. The zero-order valence-electron chi connectivity index (χ0n) is 6.33. The number of aliphatic hydroxyl groups excluding tert-OH is 1. The predicted octanol–water partition coefficient (Wildman–Crippen LogP) is 2.51. The minimum Gasteiger partial charge on any atom is -0.516 e. The molecule has 0 aliphatic heterocycles. The van der Waals surface area contributed by atoms with Crippen LogP contribution >= 0.6 is 0 Å². The summed E-state index contributed by atoms with van der Waals surface area (Å²) < 4.78 is 0. The van der Waals surface area contributed by atoms with E-state index in [1.165, 1.54) is 5.56 Å². The van der Waals surface area contributed by atoms with Gasteiger partial charge in [0.1, 0.15) is 0 Å². The third kappa shape index (κ3) is 2.46. The van der Waals surface area contributed by atoms with Crippen LogP contribution in [0.2, 0.25) is 0 Å². The van der Waals surface area contributed by atoms with Crippen molar-refractivity contribution >= 4 is 0 Å². The minimum atomic E-state index is 0.720. The number of rotatable bonds is 2. The number of aliphatic hydroxyl groups is 1. The lowest BCUT2D eigenvalue weighted by molar-refractivity contribution is 0.467. The van der Waals surface area contributed by atoms with Crippen molar-refractivity contribution < 1.29 is 5.11 Å². The fourth-order valence-electron chi connectivity index (χ4n) is 0.904. The van der Waals surface area contributed by atoms with Crippen LogP contribution in [0.4, 0.5) is 0 Å². The molecule has 57 valence electrons. The van der Waals surface area contributed by atoms with E-state index in [1.54, 1.807) is 0 Å². The van der Waals surface area contributed by atoms with Crippen molar-refractivity contribution in [3.63, 3.8) is 0 Å². The topological polar surface area (TPSA) is 20.2 Å². The van der Waals surface area contributed by atoms with Gasteiger partial charge in [0.25, 0.3) is 0 Å². The van der Waals surface area contributed by atoms with E-state index in [0.29, 0.717) is 0 Å². The molecule has 0 aliphatic rings. The van der Waals surface area contributed by atoms with Gasteiger partial charge in [-0.15, -0.1) is 0 Å². The lowest BCUT2D eigenvalue weighted by atomic mass is 10.1. The largest absolute Gasteiger partial charge is 0.516 e. The molecule has 1 aromatic carbocycles. The molecule has 1 heteroatoms. The normalized spacial score (nSPS) is 11.5. The van der Waals surface area contributed by atoms with Crippen LogP contribution < -0.4 is 0 Å². The van der Waals surface area contributed by atoms with Crippen LogP contribution in [0.15, 0.2) is 42.2 Å². The summed E-state index contributed by atoms with van der Waals surface area (Å²) in [4.78, 5) is 0. The minimum absolute atomic E-state index is 0.720. The number of allylic oxidation sites excluding steroid dienone is 1. The summed E-state index contributed by atoms with van der Waals surface area (Å²) >= 11 is 0. The zero-order valence-corrected chi connectivity index (χ0v) is 6.33. The molecule has 0 atom stereocenters. The molecule has 0 bridgehead atoms. The molecule has 0 heterocycles. The Morgan fingerprint density at radius 2 is 2.00 bits per heavy atom. The average Bonchev–Trinajstić information content (AvgIpc) is 2.06. The first-order valence-electron chi connectivity index (χ1n) is 3.52. The Labute approximate surface area is 67.0 Å². The molecule has 0 aromatic heterocycles. The van der Waals surface area contributed by atoms with Crippen LogP contribution in [-0.2, 0) is 6.42 Å². The molecule has 0 unspecified atom stereocenters. The first-order chi connectivity index (χ1) is 5.33. The summed E-state index contributed by atoms with van der Waals surface area (Å²) in [6, 6.07) is 9.93. The molecule has 1 aromatic rings. The molecule has 1 N–H and O–H groups in total. The highest BCUT2D eigenvalue weighted by Crippen LogP contribution is 2.05. The SMILES string of the molecule is [CH2]C(=CO)Cc1ccccc1. The van der Waals surface area contributed by atoms with Gasteiger partial charge in [-0.05, 0) is 24.5 Å². The quantitative estimate of drug-likeness (QED) is 0.637. The maximum absolute atomic E-state index is 8.57. The Bertz CT molecular complexity index is 236. The molecule has 0 spiro atoms. The van der Waals surface area contributed by atoms with Crippen LogP contribution in [0.5, 0.6) is 0 Å². The fraction of sp³-hybridized carbons (Fsp3) is 0.100. The van der Waals surface area contributed by atoms with E-state index in [4.69, 9.17) is 5.11 Å². The van der Waals surface area contributed by atoms with E-state index in [2.05, 4.69) is 6.92 Å². The lowest BCUT2D eigenvalue weighted by Gasteiger charge is -1.98. The smallest absolute Gasteiger partial charge is 0.0787 e. The maximum Gasteiger partial charge on any atom is 0.0787 e. The zero-order chi connectivity index (χ0) is 8.10. The van der Waals surface area contributed by atoms with Crippen molar-refractivity contribution in [3.8, 4) is 0 Å². The molecule has 0 amide bonds. The van der Waals surface area contributed by atoms with Crippen molar-refractivity contribution in [1.29, 1.82) is 0 Å². The summed E-state index contributed by atoms with van der Waals surface area (Å²) in [6.07, 6.45) is 1.77. The number of hydrogen-bond acceptors (Lipinski definition) is 1. The highest BCUT2D eigenvalue weighted by atomic mass is 16.2. The van der Waals surface area contributed by atoms with Gasteiger partial charge in [-0.2, -0.15) is 0 Å². The molecule has 0 aliphatic carbocycles. The predicted molar refractivity (Wildman–Crippen MR) is 46.2 cm³/mol. The fourth-order valence-corrected chi connectivity index (χ4v) is 0.904. The van der Waals surface area contributed by atoms with Crippen LogP contribution in [0, 0.1) is 6.92 Å². The molecular formula is C10H11O. The summed E-state index contributed by atoms with van der Waals surface area (Å²) in [5.41, 5.74) is 1.90. The van der Waals surface area contributed by atoms with E-state index in [0.717, 1.165) is 18.3 Å². The summed E-state index contributed by atoms with van der Waals surface area (Å²) in [6.45, 7) is 3.66. The van der Waals surface area contributed by atoms with Gasteiger partial charge in [0.2, 0.25) is 0 Å². The monoisotopic (exact) mass is 147 g/mol. The average molecular weight is 147 g/mol. The number of benzene rings is 1. The van der Waals surface area contributed by atoms with Crippen LogP contribution in [-0.4, -0.2) is 5.11 Å². The Hall–Kier alpha value is -1.24. The molecule has 0 saturated heterocycles. The van der Waals surface area contributed by atoms with Gasteiger partial charge < -0.3 is 5.11 Å². The van der Waals surface area contributed by atoms with E-state index >= 15 is 0 Å². The second-order valence-electron chi connectivity index (χ2n) is 2.45. The molecule has 1 nitrogen and oxygen atoms in total. The van der Waals surface area contributed by atoms with Crippen molar-refractivity contribution in [3.05, 3.63) is 54.7 Å². The van der Waals surface area contributed by atoms with E-state index in [9.17, 15) is 0 Å². The van der Waals surface area contributed by atoms with Crippen LogP contribution in [0.25, 0.3) is 0 Å². The van der Waals surface area contributed by atoms with Gasteiger partial charge in [-0.1, -0.05) is 30.3 Å². The van der Waals surface area contributed by atoms with Gasteiger partial charge in [-0.3, -0.25) is 0 Å². The summed E-state index contributed by atoms with van der Waals surface area (Å²) in [5, 5.41) is 8.57. The molecule has 11 heavy (non-hydrogen) atoms. The standard InChI is InChI=1S/C10H11O/c1-9(8-11)7-10-5-3-2-4-6-10/h2-6,8,11H,1,7H2. The van der Waals surface area contributed by atoms with Gasteiger partial charge in [0.15, 0.2) is 0 Å². The lowest BCUT2D eigenvalue weighted by Crippen LogP contribution is -1.85. The van der Waals surface area contributed by atoms with Gasteiger partial charge in [0.05, 0.1) is 6.26 Å². The van der Waals surface area contributed by atoms with Crippen molar-refractivity contribution in [1.82, 2.24) is 0 Å². The Morgan fingerprint density at radius 3 is 2.55 bits per heavy atom. The van der Waals surface area contributed by atoms with Crippen molar-refractivity contribution in [2.75, 3.05) is 0 Å². The third-order valence-electron chi connectivity index (χ3n) is 1.46. The first-order valence-corrected chi connectivity index (χ1v) is 3.52. The van der Waals surface area contributed by atoms with Gasteiger partial charge in [0, 0.05) is 0 Å². The Balaban J connectivity index is 2.65. The maximum atomic E-state index is 8.57. The van der Waals surface area contributed by atoms with Gasteiger partial charge in [-0.25, -0.2) is 0 Å².